The highest BCUT2D eigenvalue weighted by atomic mass is 16.5. The first-order valence-electron chi connectivity index (χ1n) is 5.92. The van der Waals surface area contributed by atoms with E-state index in [2.05, 4.69) is 0 Å². The summed E-state index contributed by atoms with van der Waals surface area (Å²) < 4.78 is 4.89. The predicted octanol–water partition coefficient (Wildman–Crippen LogP) is 2.48. The van der Waals surface area contributed by atoms with Crippen molar-refractivity contribution in [1.29, 1.82) is 0 Å². The molecule has 86 valence electrons. The fraction of sp³-hybridized carbons (Fsp3) is 0.833. The largest absolute Gasteiger partial charge is 0.465 e. The molecule has 0 N–H and O–H groups in total. The Hall–Kier alpha value is -0.860. The molecule has 0 unspecified atom stereocenters. The van der Waals surface area contributed by atoms with Crippen molar-refractivity contribution in [2.24, 2.45) is 5.92 Å². The maximum Gasteiger partial charge on any atom is 0.313 e. The zero-order valence-electron chi connectivity index (χ0n) is 9.46. The Morgan fingerprint density at radius 3 is 2.47 bits per heavy atom. The fourth-order valence-electron chi connectivity index (χ4n) is 1.98. The minimum atomic E-state index is -0.354. The van der Waals surface area contributed by atoms with Gasteiger partial charge in [0.2, 0.25) is 0 Å². The maximum absolute atomic E-state index is 11.7. The molecule has 0 bridgehead atoms. The molecule has 1 aliphatic carbocycles. The van der Waals surface area contributed by atoms with Gasteiger partial charge in [-0.25, -0.2) is 0 Å². The Kier molecular flexibility index (Phi) is 5.37. The number of hydrogen-bond donors (Lipinski definition) is 0. The summed E-state index contributed by atoms with van der Waals surface area (Å²) in [6.45, 7) is 2.37. The lowest BCUT2D eigenvalue weighted by Crippen LogP contribution is -2.21. The summed E-state index contributed by atoms with van der Waals surface area (Å²) in [4.78, 5) is 22.9. The van der Waals surface area contributed by atoms with E-state index < -0.39 is 0 Å². The molecule has 1 rings (SSSR count). The third kappa shape index (κ3) is 4.45. The van der Waals surface area contributed by atoms with Gasteiger partial charge in [-0.1, -0.05) is 26.2 Å². The molecule has 0 atom stereocenters. The van der Waals surface area contributed by atoms with Crippen LogP contribution in [0.4, 0.5) is 0 Å². The highest BCUT2D eigenvalue weighted by molar-refractivity contribution is 5.96. The molecule has 0 amide bonds. The van der Waals surface area contributed by atoms with Gasteiger partial charge in [-0.3, -0.25) is 9.59 Å². The lowest BCUT2D eigenvalue weighted by Gasteiger charge is -2.19. The van der Waals surface area contributed by atoms with Crippen molar-refractivity contribution < 1.29 is 14.3 Å². The molecular weight excluding hydrogens is 192 g/mol. The molecule has 0 aliphatic heterocycles. The average Bonchev–Trinajstić information content (AvgIpc) is 2.27. The van der Waals surface area contributed by atoms with E-state index in [9.17, 15) is 9.59 Å². The number of esters is 1. The maximum atomic E-state index is 11.7. The van der Waals surface area contributed by atoms with Crippen LogP contribution in [0.1, 0.15) is 51.9 Å². The molecule has 3 heteroatoms. The van der Waals surface area contributed by atoms with Gasteiger partial charge in [0.25, 0.3) is 0 Å². The first kappa shape index (κ1) is 12.2. The normalized spacial score (nSPS) is 17.4. The van der Waals surface area contributed by atoms with Crippen molar-refractivity contribution in [3.8, 4) is 0 Å². The van der Waals surface area contributed by atoms with Crippen LogP contribution >= 0.6 is 0 Å². The van der Waals surface area contributed by atoms with Gasteiger partial charge in [-0.15, -0.1) is 0 Å². The molecule has 1 aliphatic rings. The predicted molar refractivity (Wildman–Crippen MR) is 57.4 cm³/mol. The summed E-state index contributed by atoms with van der Waals surface area (Å²) in [6, 6.07) is 0. The number of rotatable bonds is 5. The van der Waals surface area contributed by atoms with Crippen LogP contribution < -0.4 is 0 Å². The van der Waals surface area contributed by atoms with Crippen LogP contribution in [-0.4, -0.2) is 18.4 Å². The van der Waals surface area contributed by atoms with Crippen molar-refractivity contribution in [2.45, 2.75) is 51.9 Å². The van der Waals surface area contributed by atoms with Crippen molar-refractivity contribution in [1.82, 2.24) is 0 Å². The zero-order valence-corrected chi connectivity index (χ0v) is 9.46. The molecule has 0 heterocycles. The van der Waals surface area contributed by atoms with Gasteiger partial charge in [0, 0.05) is 5.92 Å². The fourth-order valence-corrected chi connectivity index (χ4v) is 1.98. The van der Waals surface area contributed by atoms with Crippen LogP contribution in [0.2, 0.25) is 0 Å². The first-order chi connectivity index (χ1) is 7.24. The van der Waals surface area contributed by atoms with Crippen LogP contribution in [0, 0.1) is 5.92 Å². The van der Waals surface area contributed by atoms with E-state index in [1.54, 1.807) is 0 Å². The number of ketones is 1. The smallest absolute Gasteiger partial charge is 0.313 e. The number of hydrogen-bond acceptors (Lipinski definition) is 3. The summed E-state index contributed by atoms with van der Waals surface area (Å²) in [5.41, 5.74) is 0. The second-order valence-corrected chi connectivity index (χ2v) is 4.20. The van der Waals surface area contributed by atoms with E-state index >= 15 is 0 Å². The third-order valence-corrected chi connectivity index (χ3v) is 2.85. The third-order valence-electron chi connectivity index (χ3n) is 2.85. The topological polar surface area (TPSA) is 43.4 Å². The highest BCUT2D eigenvalue weighted by Crippen LogP contribution is 2.25. The van der Waals surface area contributed by atoms with Gasteiger partial charge < -0.3 is 4.74 Å². The first-order valence-corrected chi connectivity index (χ1v) is 5.92. The lowest BCUT2D eigenvalue weighted by atomic mass is 9.85. The van der Waals surface area contributed by atoms with E-state index in [0.29, 0.717) is 6.61 Å². The number of carbonyl (C=O) groups is 2. The lowest BCUT2D eigenvalue weighted by molar-refractivity contribution is -0.147. The van der Waals surface area contributed by atoms with Crippen molar-refractivity contribution >= 4 is 11.8 Å². The van der Waals surface area contributed by atoms with E-state index in [4.69, 9.17) is 4.74 Å². The summed E-state index contributed by atoms with van der Waals surface area (Å²) in [7, 11) is 0. The van der Waals surface area contributed by atoms with Gasteiger partial charge in [0.1, 0.15) is 12.2 Å². The quantitative estimate of drug-likeness (QED) is 0.519. The van der Waals surface area contributed by atoms with Crippen LogP contribution in [0.15, 0.2) is 0 Å². The van der Waals surface area contributed by atoms with Gasteiger partial charge in [-0.2, -0.15) is 0 Å². The summed E-state index contributed by atoms with van der Waals surface area (Å²) in [5, 5.41) is 0. The van der Waals surface area contributed by atoms with Crippen molar-refractivity contribution in [2.75, 3.05) is 6.61 Å². The zero-order chi connectivity index (χ0) is 11.1. The van der Waals surface area contributed by atoms with E-state index in [1.165, 1.54) is 6.42 Å². The standard InChI is InChI=1S/C12H20O3/c1-2-8-15-12(14)9-11(13)10-6-4-3-5-7-10/h10H,2-9H2,1H3. The van der Waals surface area contributed by atoms with Crippen LogP contribution in [0.25, 0.3) is 0 Å². The van der Waals surface area contributed by atoms with Gasteiger partial charge in [0.15, 0.2) is 0 Å². The summed E-state index contributed by atoms with van der Waals surface area (Å²) >= 11 is 0. The Bertz CT molecular complexity index is 217. The second kappa shape index (κ2) is 6.59. The monoisotopic (exact) mass is 212 g/mol. The molecule has 1 fully saturated rings. The SMILES string of the molecule is CCCOC(=O)CC(=O)C1CCCCC1. The van der Waals surface area contributed by atoms with E-state index in [-0.39, 0.29) is 24.1 Å². The second-order valence-electron chi connectivity index (χ2n) is 4.20. The molecule has 0 saturated heterocycles. The van der Waals surface area contributed by atoms with E-state index in [1.807, 2.05) is 6.92 Å². The Morgan fingerprint density at radius 1 is 1.20 bits per heavy atom. The molecule has 0 aromatic rings. The van der Waals surface area contributed by atoms with Crippen molar-refractivity contribution in [3.05, 3.63) is 0 Å². The highest BCUT2D eigenvalue weighted by Gasteiger charge is 2.23. The summed E-state index contributed by atoms with van der Waals surface area (Å²) in [6.07, 6.45) is 6.18. The summed E-state index contributed by atoms with van der Waals surface area (Å²) in [5.74, 6) is -0.156. The minimum absolute atomic E-state index is 0.0231. The Labute approximate surface area is 91.2 Å². The minimum Gasteiger partial charge on any atom is -0.465 e. The average molecular weight is 212 g/mol. The van der Waals surface area contributed by atoms with Gasteiger partial charge in [-0.05, 0) is 19.3 Å². The Morgan fingerprint density at radius 2 is 1.87 bits per heavy atom. The molecule has 0 radical (unpaired) electrons. The number of ether oxygens (including phenoxy) is 1. The number of Topliss-reactive ketones (excluding diaryl/α,β-unsaturated/α-hetero) is 1. The van der Waals surface area contributed by atoms with Crippen molar-refractivity contribution in [3.63, 3.8) is 0 Å². The van der Waals surface area contributed by atoms with Gasteiger partial charge >= 0.3 is 5.97 Å². The molecule has 0 aromatic heterocycles. The van der Waals surface area contributed by atoms with E-state index in [0.717, 1.165) is 32.1 Å². The van der Waals surface area contributed by atoms with Crippen LogP contribution in [-0.2, 0) is 14.3 Å². The van der Waals surface area contributed by atoms with Crippen LogP contribution in [0.5, 0.6) is 0 Å². The molecule has 1 saturated carbocycles. The molecule has 15 heavy (non-hydrogen) atoms. The Balaban J connectivity index is 2.24. The number of carbonyl (C=O) groups excluding carboxylic acids is 2. The molecule has 0 aromatic carbocycles. The van der Waals surface area contributed by atoms with Crippen LogP contribution in [0.3, 0.4) is 0 Å². The van der Waals surface area contributed by atoms with Gasteiger partial charge in [0.05, 0.1) is 6.61 Å². The molecular formula is C12H20O3. The molecule has 3 nitrogen and oxygen atoms in total. The molecule has 0 spiro atoms.